The van der Waals surface area contributed by atoms with Gasteiger partial charge in [-0.2, -0.15) is 0 Å². The predicted octanol–water partition coefficient (Wildman–Crippen LogP) is 2.55. The molecule has 2 rings (SSSR count). The van der Waals surface area contributed by atoms with Gasteiger partial charge < -0.3 is 10.7 Å². The summed E-state index contributed by atoms with van der Waals surface area (Å²) in [5.74, 6) is 6.18. The molecule has 5 heteroatoms. The number of hydrogen-bond acceptors (Lipinski definition) is 4. The van der Waals surface area contributed by atoms with E-state index in [0.717, 1.165) is 18.5 Å². The van der Waals surface area contributed by atoms with E-state index >= 15 is 0 Å². The molecule has 0 unspecified atom stereocenters. The lowest BCUT2D eigenvalue weighted by Crippen LogP contribution is -2.36. The fourth-order valence-corrected chi connectivity index (χ4v) is 2.57. The predicted molar refractivity (Wildman–Crippen MR) is 80.5 cm³/mol. The maximum atomic E-state index is 12.3. The average molecular weight is 276 g/mol. The van der Waals surface area contributed by atoms with Crippen molar-refractivity contribution >= 4 is 11.7 Å². The largest absolute Gasteiger partial charge is 0.349 e. The Kier molecular flexibility index (Phi) is 4.95. The van der Waals surface area contributed by atoms with E-state index in [0.29, 0.717) is 17.4 Å². The highest BCUT2D eigenvalue weighted by Gasteiger charge is 2.18. The molecule has 0 bridgehead atoms. The van der Waals surface area contributed by atoms with Gasteiger partial charge >= 0.3 is 0 Å². The Morgan fingerprint density at radius 3 is 2.60 bits per heavy atom. The molecule has 1 amide bonds. The van der Waals surface area contributed by atoms with Crippen LogP contribution < -0.4 is 16.6 Å². The Hall–Kier alpha value is -1.62. The monoisotopic (exact) mass is 276 g/mol. The first-order valence-corrected chi connectivity index (χ1v) is 7.39. The third-order valence-electron chi connectivity index (χ3n) is 3.79. The highest BCUT2D eigenvalue weighted by Crippen LogP contribution is 2.20. The van der Waals surface area contributed by atoms with E-state index in [1.165, 1.54) is 19.3 Å². The van der Waals surface area contributed by atoms with E-state index in [9.17, 15) is 4.79 Å². The van der Waals surface area contributed by atoms with Gasteiger partial charge in [0, 0.05) is 17.3 Å². The lowest BCUT2D eigenvalue weighted by Gasteiger charge is -2.23. The molecule has 0 atom stereocenters. The molecule has 0 spiro atoms. The van der Waals surface area contributed by atoms with E-state index in [-0.39, 0.29) is 11.8 Å². The van der Waals surface area contributed by atoms with Gasteiger partial charge in [-0.25, -0.2) is 10.8 Å². The lowest BCUT2D eigenvalue weighted by molar-refractivity contribution is 0.0927. The molecule has 1 saturated carbocycles. The van der Waals surface area contributed by atoms with Crippen molar-refractivity contribution in [3.8, 4) is 0 Å². The summed E-state index contributed by atoms with van der Waals surface area (Å²) >= 11 is 0. The van der Waals surface area contributed by atoms with Crippen LogP contribution in [-0.2, 0) is 0 Å². The second kappa shape index (κ2) is 6.70. The van der Waals surface area contributed by atoms with Crippen molar-refractivity contribution in [3.63, 3.8) is 0 Å². The third kappa shape index (κ3) is 3.70. The zero-order valence-electron chi connectivity index (χ0n) is 12.3. The molecule has 1 aliphatic rings. The van der Waals surface area contributed by atoms with E-state index in [2.05, 4.69) is 15.7 Å². The zero-order chi connectivity index (χ0) is 14.5. The molecule has 1 fully saturated rings. The fourth-order valence-electron chi connectivity index (χ4n) is 2.57. The number of amides is 1. The van der Waals surface area contributed by atoms with Crippen LogP contribution in [0.15, 0.2) is 12.1 Å². The number of carbonyl (C=O) groups is 1. The summed E-state index contributed by atoms with van der Waals surface area (Å²) in [5.41, 5.74) is 4.03. The number of nitrogens with one attached hydrogen (secondary N) is 2. The second-order valence-corrected chi connectivity index (χ2v) is 5.77. The normalized spacial score (nSPS) is 16.2. The first kappa shape index (κ1) is 14.8. The molecular weight excluding hydrogens is 252 g/mol. The maximum Gasteiger partial charge on any atom is 0.251 e. The van der Waals surface area contributed by atoms with Crippen molar-refractivity contribution in [1.29, 1.82) is 0 Å². The minimum Gasteiger partial charge on any atom is -0.349 e. The van der Waals surface area contributed by atoms with Crippen LogP contribution in [0.25, 0.3) is 0 Å². The van der Waals surface area contributed by atoms with Crippen molar-refractivity contribution in [2.24, 2.45) is 5.84 Å². The first-order chi connectivity index (χ1) is 9.60. The average Bonchev–Trinajstić information content (AvgIpc) is 2.47. The topological polar surface area (TPSA) is 80.0 Å². The molecule has 5 nitrogen and oxygen atoms in total. The summed E-state index contributed by atoms with van der Waals surface area (Å²) < 4.78 is 0. The van der Waals surface area contributed by atoms with Gasteiger partial charge in [-0.05, 0) is 30.9 Å². The standard InChI is InChI=1S/C15H24N4O/c1-10(2)13-8-11(9-14(18-13)19-16)15(20)17-12-6-4-3-5-7-12/h8-10,12H,3-7,16H2,1-2H3,(H,17,20)(H,18,19). The Balaban J connectivity index is 2.13. The van der Waals surface area contributed by atoms with Crippen LogP contribution in [0.3, 0.4) is 0 Å². The number of nitrogen functional groups attached to an aromatic ring is 1. The molecule has 4 N–H and O–H groups in total. The van der Waals surface area contributed by atoms with Crippen LogP contribution in [0, 0.1) is 0 Å². The van der Waals surface area contributed by atoms with Gasteiger partial charge in [-0.15, -0.1) is 0 Å². The van der Waals surface area contributed by atoms with Crippen molar-refractivity contribution < 1.29 is 4.79 Å². The number of nitrogens with two attached hydrogens (primary N) is 1. The van der Waals surface area contributed by atoms with Crippen LogP contribution in [0.4, 0.5) is 5.82 Å². The summed E-state index contributed by atoms with van der Waals surface area (Å²) in [5, 5.41) is 3.12. The summed E-state index contributed by atoms with van der Waals surface area (Å²) in [6, 6.07) is 3.86. The SMILES string of the molecule is CC(C)c1cc(C(=O)NC2CCCCC2)cc(NN)n1. The molecule has 20 heavy (non-hydrogen) atoms. The molecule has 1 aliphatic carbocycles. The van der Waals surface area contributed by atoms with E-state index < -0.39 is 0 Å². The van der Waals surface area contributed by atoms with E-state index in [4.69, 9.17) is 5.84 Å². The first-order valence-electron chi connectivity index (χ1n) is 7.39. The Labute approximate surface area is 120 Å². The molecule has 1 aromatic heterocycles. The fraction of sp³-hybridized carbons (Fsp3) is 0.600. The zero-order valence-corrected chi connectivity index (χ0v) is 12.3. The maximum absolute atomic E-state index is 12.3. The van der Waals surface area contributed by atoms with Crippen LogP contribution in [0.5, 0.6) is 0 Å². The summed E-state index contributed by atoms with van der Waals surface area (Å²) in [4.78, 5) is 16.7. The highest BCUT2D eigenvalue weighted by atomic mass is 16.1. The van der Waals surface area contributed by atoms with Gasteiger partial charge in [0.1, 0.15) is 5.82 Å². The molecule has 0 aliphatic heterocycles. The van der Waals surface area contributed by atoms with Gasteiger partial charge in [0.25, 0.3) is 5.91 Å². The molecule has 0 saturated heterocycles. The van der Waals surface area contributed by atoms with Crippen LogP contribution in [0.2, 0.25) is 0 Å². The highest BCUT2D eigenvalue weighted by molar-refractivity contribution is 5.95. The second-order valence-electron chi connectivity index (χ2n) is 5.77. The van der Waals surface area contributed by atoms with Gasteiger partial charge in [-0.1, -0.05) is 33.1 Å². The lowest BCUT2D eigenvalue weighted by atomic mass is 9.95. The molecule has 1 aromatic rings. The van der Waals surface area contributed by atoms with Crippen LogP contribution >= 0.6 is 0 Å². The summed E-state index contributed by atoms with van der Waals surface area (Å²) in [7, 11) is 0. The summed E-state index contributed by atoms with van der Waals surface area (Å²) in [6.07, 6.45) is 5.84. The van der Waals surface area contributed by atoms with Crippen molar-refractivity contribution in [1.82, 2.24) is 10.3 Å². The number of hydrazine groups is 1. The minimum atomic E-state index is -0.0299. The number of rotatable bonds is 4. The van der Waals surface area contributed by atoms with Crippen molar-refractivity contribution in [2.75, 3.05) is 5.43 Å². The molecule has 0 aromatic carbocycles. The van der Waals surface area contributed by atoms with Gasteiger partial charge in [0.05, 0.1) is 0 Å². The van der Waals surface area contributed by atoms with Crippen LogP contribution in [-0.4, -0.2) is 16.9 Å². The third-order valence-corrected chi connectivity index (χ3v) is 3.79. The molecule has 110 valence electrons. The van der Waals surface area contributed by atoms with Gasteiger partial charge in [0.2, 0.25) is 0 Å². The van der Waals surface area contributed by atoms with Crippen molar-refractivity contribution in [2.45, 2.75) is 57.9 Å². The number of hydrogen-bond donors (Lipinski definition) is 3. The minimum absolute atomic E-state index is 0.0299. The number of pyridine rings is 1. The summed E-state index contributed by atoms with van der Waals surface area (Å²) in [6.45, 7) is 4.09. The quantitative estimate of drug-likeness (QED) is 0.583. The van der Waals surface area contributed by atoms with Gasteiger partial charge in [-0.3, -0.25) is 4.79 Å². The van der Waals surface area contributed by atoms with Crippen molar-refractivity contribution in [3.05, 3.63) is 23.4 Å². The number of carbonyl (C=O) groups excluding carboxylic acids is 1. The number of nitrogens with zero attached hydrogens (tertiary/aromatic N) is 1. The smallest absolute Gasteiger partial charge is 0.251 e. The molecule has 0 radical (unpaired) electrons. The van der Waals surface area contributed by atoms with Gasteiger partial charge in [0.15, 0.2) is 0 Å². The van der Waals surface area contributed by atoms with E-state index in [1.807, 2.05) is 19.9 Å². The Bertz CT molecular complexity index is 467. The molecular formula is C15H24N4O. The molecule has 1 heterocycles. The Morgan fingerprint density at radius 1 is 1.30 bits per heavy atom. The number of aromatic nitrogens is 1. The Morgan fingerprint density at radius 2 is 2.00 bits per heavy atom. The van der Waals surface area contributed by atoms with Crippen LogP contribution in [0.1, 0.15) is 67.9 Å². The van der Waals surface area contributed by atoms with E-state index in [1.54, 1.807) is 6.07 Å². The number of anilines is 1.